The summed E-state index contributed by atoms with van der Waals surface area (Å²) in [5.74, 6) is -0.538. The van der Waals surface area contributed by atoms with Crippen LogP contribution in [0.4, 0.5) is 0 Å². The van der Waals surface area contributed by atoms with Crippen molar-refractivity contribution in [1.82, 2.24) is 0 Å². The summed E-state index contributed by atoms with van der Waals surface area (Å²) < 4.78 is 68.2. The average Bonchev–Trinajstić information content (AvgIpc) is 2.68. The molecule has 0 rings (SSSR count). The molecule has 6 atom stereocenters. The highest BCUT2D eigenvalue weighted by molar-refractivity contribution is 7.47. The molecule has 0 heterocycles. The Morgan fingerprint density at radius 2 is 0.567 bits per heavy atom. The van der Waals surface area contributed by atoms with E-state index in [1.807, 2.05) is 0 Å². The fourth-order valence-corrected chi connectivity index (χ4v) is 12.3. The monoisotopic (exact) mass is 1320 g/mol. The van der Waals surface area contributed by atoms with E-state index >= 15 is 0 Å². The van der Waals surface area contributed by atoms with Gasteiger partial charge in [0.2, 0.25) is 0 Å². The molecule has 0 bridgehead atoms. The number of phosphoric ester groups is 2. The quantitative estimate of drug-likeness (QED) is 0.0222. The van der Waals surface area contributed by atoms with E-state index < -0.39 is 97.5 Å². The molecule has 3 unspecified atom stereocenters. The van der Waals surface area contributed by atoms with Crippen LogP contribution in [0.5, 0.6) is 0 Å². The van der Waals surface area contributed by atoms with Crippen LogP contribution in [0.1, 0.15) is 363 Å². The Kier molecular flexibility index (Phi) is 61.8. The molecule has 90 heavy (non-hydrogen) atoms. The van der Waals surface area contributed by atoms with Gasteiger partial charge in [-0.2, -0.15) is 0 Å². The Labute approximate surface area is 549 Å². The van der Waals surface area contributed by atoms with Gasteiger partial charge in [0.25, 0.3) is 0 Å². The van der Waals surface area contributed by atoms with Crippen LogP contribution in [0, 0.1) is 11.8 Å². The molecule has 0 aromatic heterocycles. The van der Waals surface area contributed by atoms with Crippen molar-refractivity contribution >= 4 is 39.5 Å². The molecule has 3 N–H and O–H groups in total. The van der Waals surface area contributed by atoms with Gasteiger partial charge in [0, 0.05) is 25.7 Å². The molecule has 0 radical (unpaired) electrons. The fourth-order valence-electron chi connectivity index (χ4n) is 10.7. The van der Waals surface area contributed by atoms with Gasteiger partial charge in [0.05, 0.1) is 26.4 Å². The van der Waals surface area contributed by atoms with Crippen molar-refractivity contribution in [3.8, 4) is 0 Å². The SMILES string of the molecule is CCCCCCCCCCCCC(=O)O[C@H](COC(=O)CCCCCCCCCCC)COP(=O)(O)OC[C@H](O)COP(=O)(O)OC[C@@H](COC(=O)CCCCCCCCCCC(C)CC)OC(=O)CCCCCCCCCCCCCCCCCCC(C)C. The number of phosphoric acid groups is 2. The summed E-state index contributed by atoms with van der Waals surface area (Å²) in [5, 5.41) is 10.6. The summed E-state index contributed by atoms with van der Waals surface area (Å²) in [6, 6.07) is 0. The van der Waals surface area contributed by atoms with Gasteiger partial charge in [-0.25, -0.2) is 9.13 Å². The van der Waals surface area contributed by atoms with Gasteiger partial charge in [-0.1, -0.05) is 311 Å². The van der Waals surface area contributed by atoms with E-state index in [0.29, 0.717) is 25.7 Å². The lowest BCUT2D eigenvalue weighted by Gasteiger charge is -2.21. The minimum atomic E-state index is -4.95. The first-order valence-electron chi connectivity index (χ1n) is 37.0. The van der Waals surface area contributed by atoms with E-state index in [0.717, 1.165) is 102 Å². The van der Waals surface area contributed by atoms with Gasteiger partial charge < -0.3 is 33.8 Å². The summed E-state index contributed by atoms with van der Waals surface area (Å²) in [7, 11) is -9.90. The molecule has 17 nitrogen and oxygen atoms in total. The molecule has 0 spiro atoms. The summed E-state index contributed by atoms with van der Waals surface area (Å²) >= 11 is 0. The third-order valence-electron chi connectivity index (χ3n) is 16.8. The lowest BCUT2D eigenvalue weighted by atomic mass is 9.99. The first-order chi connectivity index (χ1) is 43.4. The number of ether oxygens (including phenoxy) is 4. The Balaban J connectivity index is 5.20. The Morgan fingerprint density at radius 1 is 0.322 bits per heavy atom. The van der Waals surface area contributed by atoms with Crippen LogP contribution in [-0.4, -0.2) is 96.7 Å². The molecule has 0 amide bonds. The highest BCUT2D eigenvalue weighted by Gasteiger charge is 2.30. The Hall–Kier alpha value is -1.94. The van der Waals surface area contributed by atoms with Gasteiger partial charge in [-0.15, -0.1) is 0 Å². The zero-order valence-corrected chi connectivity index (χ0v) is 60.2. The zero-order valence-electron chi connectivity index (χ0n) is 58.4. The Morgan fingerprint density at radius 3 is 0.844 bits per heavy atom. The number of hydrogen-bond donors (Lipinski definition) is 3. The smallest absolute Gasteiger partial charge is 0.462 e. The summed E-state index contributed by atoms with van der Waals surface area (Å²) in [6.45, 7) is 9.56. The van der Waals surface area contributed by atoms with Crippen molar-refractivity contribution in [3.63, 3.8) is 0 Å². The van der Waals surface area contributed by atoms with Crippen molar-refractivity contribution in [1.29, 1.82) is 0 Å². The van der Waals surface area contributed by atoms with Crippen molar-refractivity contribution in [2.24, 2.45) is 11.8 Å². The standard InChI is InChI=1S/C71H138O17P2/c1-7-10-12-14-16-18-29-37-43-49-55-70(75)87-66(59-81-68(73)53-47-41-35-27-17-15-13-11-8-2)61-85-89(77,78)83-57-65(72)58-84-90(79,80)86-62-67(60-82-69(74)54-48-42-36-32-31-34-40-46-52-64(6)9-3)88-71(76)56-50-44-38-30-26-24-22-20-19-21-23-25-28-33-39-45-51-63(4)5/h63-67,72H,7-62H2,1-6H3,(H,77,78)(H,79,80)/t64?,65-,66+,67+/m0/s1. The van der Waals surface area contributed by atoms with Crippen LogP contribution in [-0.2, 0) is 65.4 Å². The highest BCUT2D eigenvalue weighted by atomic mass is 31.2. The Bertz CT molecular complexity index is 1750. The maximum Gasteiger partial charge on any atom is 0.472 e. The molecule has 0 aliphatic heterocycles. The van der Waals surface area contributed by atoms with Crippen LogP contribution in [0.2, 0.25) is 0 Å². The lowest BCUT2D eigenvalue weighted by Crippen LogP contribution is -2.30. The van der Waals surface area contributed by atoms with Gasteiger partial charge in [0.1, 0.15) is 19.3 Å². The predicted molar refractivity (Wildman–Crippen MR) is 363 cm³/mol. The first-order valence-corrected chi connectivity index (χ1v) is 40.0. The second-order valence-electron chi connectivity index (χ2n) is 26.3. The van der Waals surface area contributed by atoms with E-state index in [9.17, 15) is 43.2 Å². The van der Waals surface area contributed by atoms with E-state index in [1.165, 1.54) is 180 Å². The highest BCUT2D eigenvalue weighted by Crippen LogP contribution is 2.45. The number of unbranched alkanes of at least 4 members (excludes halogenated alkanes) is 39. The van der Waals surface area contributed by atoms with Crippen LogP contribution in [0.15, 0.2) is 0 Å². The normalized spacial score (nSPS) is 14.4. The van der Waals surface area contributed by atoms with Gasteiger partial charge in [0.15, 0.2) is 12.2 Å². The van der Waals surface area contributed by atoms with Crippen molar-refractivity contribution in [3.05, 3.63) is 0 Å². The number of rotatable bonds is 70. The molecular weight excluding hydrogens is 1190 g/mol. The molecule has 0 saturated heterocycles. The molecule has 0 fully saturated rings. The molecule has 0 aliphatic rings. The predicted octanol–water partition coefficient (Wildman–Crippen LogP) is 20.4. The summed E-state index contributed by atoms with van der Waals surface area (Å²) in [5.41, 5.74) is 0. The molecule has 0 saturated carbocycles. The number of esters is 4. The van der Waals surface area contributed by atoms with Crippen molar-refractivity contribution < 1.29 is 80.2 Å². The van der Waals surface area contributed by atoms with Gasteiger partial charge >= 0.3 is 39.5 Å². The van der Waals surface area contributed by atoms with E-state index in [2.05, 4.69) is 41.5 Å². The van der Waals surface area contributed by atoms with E-state index in [4.69, 9.17) is 37.0 Å². The van der Waals surface area contributed by atoms with Gasteiger partial charge in [-0.05, 0) is 37.5 Å². The average molecular weight is 1330 g/mol. The van der Waals surface area contributed by atoms with Crippen molar-refractivity contribution in [2.75, 3.05) is 39.6 Å². The molecular formula is C71H138O17P2. The maximum absolute atomic E-state index is 13.0. The van der Waals surface area contributed by atoms with Crippen LogP contribution in [0.3, 0.4) is 0 Å². The summed E-state index contributed by atoms with van der Waals surface area (Å²) in [4.78, 5) is 72.5. The summed E-state index contributed by atoms with van der Waals surface area (Å²) in [6.07, 6.45) is 48.5. The van der Waals surface area contributed by atoms with Crippen LogP contribution < -0.4 is 0 Å². The number of carbonyl (C=O) groups is 4. The first kappa shape index (κ1) is 88.1. The number of aliphatic hydroxyl groups excluding tert-OH is 1. The largest absolute Gasteiger partial charge is 0.472 e. The molecule has 19 heteroatoms. The zero-order chi connectivity index (χ0) is 66.5. The van der Waals surface area contributed by atoms with Crippen LogP contribution in [0.25, 0.3) is 0 Å². The number of carbonyl (C=O) groups excluding carboxylic acids is 4. The van der Waals surface area contributed by atoms with E-state index in [1.54, 1.807) is 0 Å². The second-order valence-corrected chi connectivity index (χ2v) is 29.3. The fraction of sp³-hybridized carbons (Fsp3) is 0.944. The van der Waals surface area contributed by atoms with E-state index in [-0.39, 0.29) is 25.7 Å². The van der Waals surface area contributed by atoms with Crippen LogP contribution >= 0.6 is 15.6 Å². The third kappa shape index (κ3) is 63.5. The minimum absolute atomic E-state index is 0.106. The minimum Gasteiger partial charge on any atom is -0.462 e. The van der Waals surface area contributed by atoms with Gasteiger partial charge in [-0.3, -0.25) is 37.3 Å². The number of aliphatic hydroxyl groups is 1. The second kappa shape index (κ2) is 63.1. The molecule has 0 aromatic carbocycles. The maximum atomic E-state index is 13.0. The topological polar surface area (TPSA) is 237 Å². The molecule has 534 valence electrons. The third-order valence-corrected chi connectivity index (χ3v) is 18.7. The molecule has 0 aromatic rings. The lowest BCUT2D eigenvalue weighted by molar-refractivity contribution is -0.161. The van der Waals surface area contributed by atoms with Crippen molar-refractivity contribution in [2.45, 2.75) is 381 Å². The molecule has 0 aliphatic carbocycles. The number of hydrogen-bond acceptors (Lipinski definition) is 15.